The van der Waals surface area contributed by atoms with Crippen LogP contribution in [0.5, 0.6) is 11.5 Å². The van der Waals surface area contributed by atoms with Gasteiger partial charge in [0, 0.05) is 22.5 Å². The average molecular weight is 498 g/mol. The predicted octanol–water partition coefficient (Wildman–Crippen LogP) is 10.3. The maximum atomic E-state index is 6.60. The Morgan fingerprint density at radius 2 is 1.21 bits per heavy atom. The fourth-order valence-electron chi connectivity index (χ4n) is 5.15. The first kappa shape index (κ1) is 22.5. The zero-order valence-electron chi connectivity index (χ0n) is 21.5. The highest BCUT2D eigenvalue weighted by Crippen LogP contribution is 2.41. The van der Waals surface area contributed by atoms with Gasteiger partial charge >= 0.3 is 0 Å². The fraction of sp³-hybridized carbons (Fsp3) is 0.118. The second kappa shape index (κ2) is 8.42. The Morgan fingerprint density at radius 3 is 1.92 bits per heavy atom. The smallest absolute Gasteiger partial charge is 0.139 e. The molecule has 0 radical (unpaired) electrons. The summed E-state index contributed by atoms with van der Waals surface area (Å²) in [7, 11) is 0. The minimum absolute atomic E-state index is 0.0709. The Labute approximate surface area is 220 Å². The largest absolute Gasteiger partial charge is 0.456 e. The summed E-state index contributed by atoms with van der Waals surface area (Å²) in [5, 5.41) is 7.85. The quantitative estimate of drug-likeness (QED) is 0.263. The van der Waals surface area contributed by atoms with E-state index in [1.54, 1.807) is 0 Å². The normalized spacial score (nSPS) is 12.1. The lowest BCUT2D eigenvalue weighted by molar-refractivity contribution is 0.484. The molecular formula is C34H27NO3. The summed E-state index contributed by atoms with van der Waals surface area (Å²) in [6.45, 7) is 6.64. The molecule has 186 valence electrons. The number of para-hydroxylation sites is 2. The number of hydrogen-bond donors (Lipinski definition) is 1. The van der Waals surface area contributed by atoms with Gasteiger partial charge in [0.2, 0.25) is 0 Å². The second-order valence-corrected chi connectivity index (χ2v) is 10.7. The third-order valence-corrected chi connectivity index (χ3v) is 7.05. The van der Waals surface area contributed by atoms with Crippen molar-refractivity contribution in [3.8, 4) is 11.5 Å². The van der Waals surface area contributed by atoms with Crippen molar-refractivity contribution in [2.45, 2.75) is 26.2 Å². The molecule has 7 rings (SSSR count). The maximum absolute atomic E-state index is 6.60. The van der Waals surface area contributed by atoms with Gasteiger partial charge in [-0.15, -0.1) is 0 Å². The Hall–Kier alpha value is -4.70. The van der Waals surface area contributed by atoms with Gasteiger partial charge in [-0.25, -0.2) is 0 Å². The van der Waals surface area contributed by atoms with Crippen molar-refractivity contribution in [2.24, 2.45) is 0 Å². The van der Waals surface area contributed by atoms with Crippen LogP contribution in [0.4, 0.5) is 11.4 Å². The minimum Gasteiger partial charge on any atom is -0.456 e. The van der Waals surface area contributed by atoms with Gasteiger partial charge in [-0.05, 0) is 59.5 Å². The van der Waals surface area contributed by atoms with Crippen LogP contribution < -0.4 is 10.1 Å². The monoisotopic (exact) mass is 497 g/mol. The summed E-state index contributed by atoms with van der Waals surface area (Å²) in [6, 6.07) is 34.7. The van der Waals surface area contributed by atoms with Gasteiger partial charge in [0.1, 0.15) is 33.8 Å². The van der Waals surface area contributed by atoms with Crippen LogP contribution in [0.2, 0.25) is 0 Å². The van der Waals surface area contributed by atoms with Crippen molar-refractivity contribution >= 4 is 55.3 Å². The molecule has 5 aromatic carbocycles. The number of ether oxygens (including phenoxy) is 1. The molecule has 2 aromatic heterocycles. The van der Waals surface area contributed by atoms with Gasteiger partial charge in [-0.2, -0.15) is 0 Å². The lowest BCUT2D eigenvalue weighted by Crippen LogP contribution is -2.11. The molecule has 0 atom stereocenters. The van der Waals surface area contributed by atoms with E-state index >= 15 is 0 Å². The van der Waals surface area contributed by atoms with Gasteiger partial charge < -0.3 is 18.9 Å². The van der Waals surface area contributed by atoms with Crippen LogP contribution in [0.25, 0.3) is 43.9 Å². The first-order chi connectivity index (χ1) is 18.4. The molecule has 0 bridgehead atoms. The number of fused-ring (bicyclic) bond motifs is 6. The molecule has 4 heteroatoms. The van der Waals surface area contributed by atoms with Crippen LogP contribution in [0, 0.1) is 0 Å². The van der Waals surface area contributed by atoms with E-state index in [1.165, 1.54) is 5.56 Å². The highest BCUT2D eigenvalue weighted by atomic mass is 16.5. The minimum atomic E-state index is -0.0709. The van der Waals surface area contributed by atoms with E-state index in [9.17, 15) is 0 Å². The van der Waals surface area contributed by atoms with Crippen molar-refractivity contribution in [1.82, 2.24) is 0 Å². The molecule has 0 unspecified atom stereocenters. The van der Waals surface area contributed by atoms with Gasteiger partial charge in [0.15, 0.2) is 0 Å². The van der Waals surface area contributed by atoms with Crippen LogP contribution in [0.3, 0.4) is 0 Å². The van der Waals surface area contributed by atoms with Crippen molar-refractivity contribution < 1.29 is 13.6 Å². The zero-order valence-corrected chi connectivity index (χ0v) is 21.5. The van der Waals surface area contributed by atoms with Crippen LogP contribution >= 0.6 is 0 Å². The van der Waals surface area contributed by atoms with E-state index in [1.807, 2.05) is 66.7 Å². The Morgan fingerprint density at radius 1 is 0.605 bits per heavy atom. The van der Waals surface area contributed by atoms with Gasteiger partial charge in [-0.3, -0.25) is 0 Å². The molecule has 1 N–H and O–H groups in total. The fourth-order valence-corrected chi connectivity index (χ4v) is 5.15. The number of rotatable bonds is 4. The summed E-state index contributed by atoms with van der Waals surface area (Å²) in [4.78, 5) is 0. The van der Waals surface area contributed by atoms with Crippen molar-refractivity contribution in [1.29, 1.82) is 0 Å². The molecule has 4 nitrogen and oxygen atoms in total. The van der Waals surface area contributed by atoms with Crippen LogP contribution in [0.15, 0.2) is 112 Å². The van der Waals surface area contributed by atoms with Crippen molar-refractivity contribution in [3.05, 3.63) is 109 Å². The Balaban J connectivity index is 1.34. The second-order valence-electron chi connectivity index (χ2n) is 10.7. The Kier molecular flexibility index (Phi) is 4.98. The number of hydrogen-bond acceptors (Lipinski definition) is 4. The molecule has 2 heterocycles. The summed E-state index contributed by atoms with van der Waals surface area (Å²) < 4.78 is 18.8. The average Bonchev–Trinajstić information content (AvgIpc) is 3.47. The highest BCUT2D eigenvalue weighted by molar-refractivity contribution is 6.12. The standard InChI is InChI=1S/C34H27NO3/c1-34(2,3)21-18-22(35-26-12-8-15-29-32(26)24-10-4-6-13-27(24)37-29)20-23(19-21)36-30-16-9-17-31-33(30)25-11-5-7-14-28(25)38-31/h4-20,35H,1-3H3. The topological polar surface area (TPSA) is 47.5 Å². The third-order valence-electron chi connectivity index (χ3n) is 7.05. The molecule has 0 saturated heterocycles. The van der Waals surface area contributed by atoms with Gasteiger partial charge in [-0.1, -0.05) is 69.3 Å². The number of nitrogens with one attached hydrogen (secondary N) is 1. The van der Waals surface area contributed by atoms with Crippen LogP contribution in [0.1, 0.15) is 26.3 Å². The van der Waals surface area contributed by atoms with Crippen LogP contribution in [-0.2, 0) is 5.41 Å². The number of anilines is 2. The van der Waals surface area contributed by atoms with Gasteiger partial charge in [0.05, 0.1) is 16.5 Å². The lowest BCUT2D eigenvalue weighted by Gasteiger charge is -2.22. The maximum Gasteiger partial charge on any atom is 0.139 e. The molecule has 0 saturated carbocycles. The molecule has 0 fully saturated rings. The molecule has 0 spiro atoms. The number of benzene rings is 5. The van der Waals surface area contributed by atoms with E-state index in [0.717, 1.165) is 66.8 Å². The third kappa shape index (κ3) is 3.77. The highest BCUT2D eigenvalue weighted by Gasteiger charge is 2.19. The summed E-state index contributed by atoms with van der Waals surface area (Å²) in [6.07, 6.45) is 0. The Bertz CT molecular complexity index is 1840. The molecule has 38 heavy (non-hydrogen) atoms. The predicted molar refractivity (Wildman–Crippen MR) is 156 cm³/mol. The van der Waals surface area contributed by atoms with E-state index < -0.39 is 0 Å². The van der Waals surface area contributed by atoms with E-state index in [4.69, 9.17) is 13.6 Å². The van der Waals surface area contributed by atoms with E-state index in [0.29, 0.717) is 0 Å². The van der Waals surface area contributed by atoms with Gasteiger partial charge in [0.25, 0.3) is 0 Å². The van der Waals surface area contributed by atoms with Crippen molar-refractivity contribution in [3.63, 3.8) is 0 Å². The molecule has 0 aliphatic rings. The molecule has 0 amide bonds. The molecule has 0 aliphatic carbocycles. The zero-order chi connectivity index (χ0) is 25.9. The van der Waals surface area contributed by atoms with Crippen LogP contribution in [-0.4, -0.2) is 0 Å². The first-order valence-electron chi connectivity index (χ1n) is 12.8. The molecule has 0 aliphatic heterocycles. The first-order valence-corrected chi connectivity index (χ1v) is 12.8. The summed E-state index contributed by atoms with van der Waals surface area (Å²) >= 11 is 0. The summed E-state index contributed by atoms with van der Waals surface area (Å²) in [5.74, 6) is 1.54. The lowest BCUT2D eigenvalue weighted by atomic mass is 9.86. The van der Waals surface area contributed by atoms with E-state index in [2.05, 4.69) is 62.5 Å². The van der Waals surface area contributed by atoms with Crippen molar-refractivity contribution in [2.75, 3.05) is 5.32 Å². The van der Waals surface area contributed by atoms with E-state index in [-0.39, 0.29) is 5.41 Å². The summed E-state index contributed by atoms with van der Waals surface area (Å²) in [5.41, 5.74) is 6.45. The SMILES string of the molecule is CC(C)(C)c1cc(Nc2cccc3oc4ccccc4c23)cc(Oc2cccc3oc4ccccc4c23)c1. The number of furan rings is 2. The molecule has 7 aromatic rings. The molecular weight excluding hydrogens is 470 g/mol.